The van der Waals surface area contributed by atoms with Crippen LogP contribution in [0.15, 0.2) is 36.4 Å². The van der Waals surface area contributed by atoms with Gasteiger partial charge in [-0.3, -0.25) is 0 Å². The first-order chi connectivity index (χ1) is 9.67. The van der Waals surface area contributed by atoms with Crippen molar-refractivity contribution >= 4 is 15.9 Å². The highest BCUT2D eigenvalue weighted by molar-refractivity contribution is 9.08. The Morgan fingerprint density at radius 3 is 2.50 bits per heavy atom. The van der Waals surface area contributed by atoms with Gasteiger partial charge < -0.3 is 9.47 Å². The molecule has 0 bridgehead atoms. The third-order valence-corrected chi connectivity index (χ3v) is 3.51. The molecule has 0 aromatic heterocycles. The van der Waals surface area contributed by atoms with E-state index in [0.29, 0.717) is 28.1 Å². The molecule has 2 aromatic rings. The smallest absolute Gasteiger partial charge is 0.169 e. The minimum atomic E-state index is 0.504. The fraction of sp³-hybridized carbons (Fsp3) is 0.188. The molecule has 0 radical (unpaired) electrons. The Labute approximate surface area is 126 Å². The maximum absolute atomic E-state index is 9.21. The van der Waals surface area contributed by atoms with Crippen LogP contribution < -0.4 is 9.47 Å². The molecule has 0 aliphatic carbocycles. The molecular weight excluding hydrogens is 318 g/mol. The van der Waals surface area contributed by atoms with Gasteiger partial charge in [0, 0.05) is 5.33 Å². The predicted molar refractivity (Wildman–Crippen MR) is 81.6 cm³/mol. The highest BCUT2D eigenvalue weighted by Gasteiger charge is 2.10. The van der Waals surface area contributed by atoms with Crippen molar-refractivity contribution < 1.29 is 9.47 Å². The van der Waals surface area contributed by atoms with Crippen LogP contribution in [-0.2, 0) is 5.33 Å². The average Bonchev–Trinajstić information content (AvgIpc) is 2.49. The highest BCUT2D eigenvalue weighted by Crippen LogP contribution is 2.34. The van der Waals surface area contributed by atoms with Crippen LogP contribution in [-0.4, -0.2) is 7.11 Å². The molecule has 102 valence electrons. The van der Waals surface area contributed by atoms with Crippen LogP contribution in [0.1, 0.15) is 16.7 Å². The molecule has 0 atom stereocenters. The van der Waals surface area contributed by atoms with Gasteiger partial charge in [0.05, 0.1) is 12.7 Å². The number of hydrogen-bond donors (Lipinski definition) is 0. The summed E-state index contributed by atoms with van der Waals surface area (Å²) in [6.07, 6.45) is 0. The number of nitrogens with zero attached hydrogens (tertiary/aromatic N) is 1. The first-order valence-electron chi connectivity index (χ1n) is 6.09. The Bertz CT molecular complexity index is 662. The van der Waals surface area contributed by atoms with Crippen LogP contribution >= 0.6 is 15.9 Å². The fourth-order valence-electron chi connectivity index (χ4n) is 1.81. The van der Waals surface area contributed by atoms with Crippen LogP contribution in [0.5, 0.6) is 17.2 Å². The van der Waals surface area contributed by atoms with Crippen LogP contribution in [0.3, 0.4) is 0 Å². The number of alkyl halides is 1. The molecule has 2 aromatic carbocycles. The number of methoxy groups -OCH3 is 1. The lowest BCUT2D eigenvalue weighted by atomic mass is 10.1. The largest absolute Gasteiger partial charge is 0.493 e. The molecule has 0 N–H and O–H groups in total. The summed E-state index contributed by atoms with van der Waals surface area (Å²) < 4.78 is 11.1. The van der Waals surface area contributed by atoms with Gasteiger partial charge in [-0.05, 0) is 42.3 Å². The summed E-state index contributed by atoms with van der Waals surface area (Å²) in [7, 11) is 1.60. The molecular formula is C16H14BrNO2. The number of halogens is 1. The molecule has 0 fully saturated rings. The number of hydrogen-bond acceptors (Lipinski definition) is 3. The maximum atomic E-state index is 9.21. The second kappa shape index (κ2) is 6.44. The summed E-state index contributed by atoms with van der Waals surface area (Å²) in [5.41, 5.74) is 2.62. The molecule has 20 heavy (non-hydrogen) atoms. The third-order valence-electron chi connectivity index (χ3n) is 2.86. The van der Waals surface area contributed by atoms with Crippen molar-refractivity contribution in [1.82, 2.24) is 0 Å². The summed E-state index contributed by atoms with van der Waals surface area (Å²) >= 11 is 3.37. The number of benzene rings is 2. The minimum Gasteiger partial charge on any atom is -0.493 e. The van der Waals surface area contributed by atoms with E-state index in [1.807, 2.05) is 37.3 Å². The molecule has 0 heterocycles. The van der Waals surface area contributed by atoms with E-state index in [1.54, 1.807) is 13.2 Å². The second-order valence-electron chi connectivity index (χ2n) is 4.33. The van der Waals surface area contributed by atoms with E-state index >= 15 is 0 Å². The van der Waals surface area contributed by atoms with Gasteiger partial charge >= 0.3 is 0 Å². The van der Waals surface area contributed by atoms with E-state index in [9.17, 15) is 5.26 Å². The molecule has 4 heteroatoms. The molecule has 0 aliphatic heterocycles. The Hall–Kier alpha value is -1.99. The first-order valence-corrected chi connectivity index (χ1v) is 7.21. The van der Waals surface area contributed by atoms with E-state index in [4.69, 9.17) is 9.47 Å². The van der Waals surface area contributed by atoms with Crippen LogP contribution in [0, 0.1) is 18.3 Å². The SMILES string of the molecule is COc1cc(C)ccc1Oc1ccc(CBr)cc1C#N. The van der Waals surface area contributed by atoms with Crippen molar-refractivity contribution in [3.8, 4) is 23.3 Å². The number of aryl methyl sites for hydroxylation is 1. The summed E-state index contributed by atoms with van der Waals surface area (Å²) in [6.45, 7) is 1.98. The van der Waals surface area contributed by atoms with Crippen LogP contribution in [0.2, 0.25) is 0 Å². The standard InChI is InChI=1S/C16H14BrNO2/c1-11-3-5-15(16(7-11)19-2)20-14-6-4-12(9-17)8-13(14)10-18/h3-8H,9H2,1-2H3. The highest BCUT2D eigenvalue weighted by atomic mass is 79.9. The number of ether oxygens (including phenoxy) is 2. The fourth-order valence-corrected chi connectivity index (χ4v) is 2.16. The molecule has 0 amide bonds. The molecule has 3 nitrogen and oxygen atoms in total. The zero-order valence-corrected chi connectivity index (χ0v) is 12.9. The van der Waals surface area contributed by atoms with Crippen molar-refractivity contribution in [2.24, 2.45) is 0 Å². The second-order valence-corrected chi connectivity index (χ2v) is 4.89. The predicted octanol–water partition coefficient (Wildman–Crippen LogP) is 4.56. The van der Waals surface area contributed by atoms with Gasteiger partial charge in [-0.15, -0.1) is 0 Å². The molecule has 0 aliphatic rings. The molecule has 0 spiro atoms. The molecule has 0 saturated heterocycles. The van der Waals surface area contributed by atoms with Gasteiger partial charge in [0.1, 0.15) is 11.8 Å². The topological polar surface area (TPSA) is 42.2 Å². The van der Waals surface area contributed by atoms with Crippen molar-refractivity contribution in [3.05, 3.63) is 53.1 Å². The van der Waals surface area contributed by atoms with E-state index in [0.717, 1.165) is 11.1 Å². The van der Waals surface area contributed by atoms with E-state index in [-0.39, 0.29) is 0 Å². The Morgan fingerprint density at radius 1 is 1.10 bits per heavy atom. The van der Waals surface area contributed by atoms with Crippen molar-refractivity contribution in [2.45, 2.75) is 12.3 Å². The van der Waals surface area contributed by atoms with E-state index in [2.05, 4.69) is 22.0 Å². The van der Waals surface area contributed by atoms with Gasteiger partial charge in [0.15, 0.2) is 11.5 Å². The summed E-state index contributed by atoms with van der Waals surface area (Å²) in [5.74, 6) is 1.78. The van der Waals surface area contributed by atoms with Gasteiger partial charge in [0.2, 0.25) is 0 Å². The van der Waals surface area contributed by atoms with Crippen LogP contribution in [0.4, 0.5) is 0 Å². The molecule has 0 saturated carbocycles. The zero-order valence-electron chi connectivity index (χ0n) is 11.3. The lowest BCUT2D eigenvalue weighted by molar-refractivity contribution is 0.378. The Balaban J connectivity index is 2.37. The van der Waals surface area contributed by atoms with Crippen molar-refractivity contribution in [1.29, 1.82) is 5.26 Å². The number of nitriles is 1. The zero-order chi connectivity index (χ0) is 14.5. The molecule has 2 rings (SSSR count). The normalized spacial score (nSPS) is 9.90. The van der Waals surface area contributed by atoms with Crippen LogP contribution in [0.25, 0.3) is 0 Å². The van der Waals surface area contributed by atoms with Gasteiger partial charge in [-0.1, -0.05) is 28.1 Å². The minimum absolute atomic E-state index is 0.504. The monoisotopic (exact) mass is 331 g/mol. The first kappa shape index (κ1) is 14.4. The summed E-state index contributed by atoms with van der Waals surface area (Å²) in [4.78, 5) is 0. The quantitative estimate of drug-likeness (QED) is 0.771. The lowest BCUT2D eigenvalue weighted by Gasteiger charge is -2.12. The summed E-state index contributed by atoms with van der Waals surface area (Å²) in [5, 5.41) is 9.91. The third kappa shape index (κ3) is 3.12. The lowest BCUT2D eigenvalue weighted by Crippen LogP contribution is -1.93. The van der Waals surface area contributed by atoms with Gasteiger partial charge in [-0.25, -0.2) is 0 Å². The Morgan fingerprint density at radius 2 is 1.85 bits per heavy atom. The van der Waals surface area contributed by atoms with E-state index < -0.39 is 0 Å². The van der Waals surface area contributed by atoms with Gasteiger partial charge in [0.25, 0.3) is 0 Å². The molecule has 0 unspecified atom stereocenters. The van der Waals surface area contributed by atoms with E-state index in [1.165, 1.54) is 0 Å². The Kier molecular flexibility index (Phi) is 4.65. The van der Waals surface area contributed by atoms with Crippen molar-refractivity contribution in [3.63, 3.8) is 0 Å². The maximum Gasteiger partial charge on any atom is 0.169 e. The number of rotatable bonds is 4. The average molecular weight is 332 g/mol. The summed E-state index contributed by atoms with van der Waals surface area (Å²) in [6, 6.07) is 13.4. The van der Waals surface area contributed by atoms with Crippen molar-refractivity contribution in [2.75, 3.05) is 7.11 Å². The van der Waals surface area contributed by atoms with Gasteiger partial charge in [-0.2, -0.15) is 5.26 Å².